The Hall–Kier alpha value is -1.03. The van der Waals surface area contributed by atoms with Gasteiger partial charge in [-0.2, -0.15) is 13.2 Å². The Morgan fingerprint density at radius 2 is 1.57 bits per heavy atom. The first kappa shape index (κ1) is 18.0. The molecule has 1 aromatic carbocycles. The predicted molar refractivity (Wildman–Crippen MR) is 79.0 cm³/mol. The number of hydrogen-bond donors (Lipinski definition) is 1. The molecule has 4 heteroatoms. The minimum Gasteiger partial charge on any atom is -0.393 e. The molecule has 0 saturated carbocycles. The fourth-order valence-electron chi connectivity index (χ4n) is 2.78. The van der Waals surface area contributed by atoms with E-state index in [1.165, 1.54) is 12.1 Å². The summed E-state index contributed by atoms with van der Waals surface area (Å²) < 4.78 is 37.4. The molecule has 1 N–H and O–H groups in total. The Balaban J connectivity index is 2.53. The van der Waals surface area contributed by atoms with Crippen LogP contribution in [0, 0.1) is 11.3 Å². The van der Waals surface area contributed by atoms with Crippen LogP contribution in [0.2, 0.25) is 0 Å². The lowest BCUT2D eigenvalue weighted by molar-refractivity contribution is -0.137. The van der Waals surface area contributed by atoms with E-state index < -0.39 is 17.8 Å². The fourth-order valence-corrected chi connectivity index (χ4v) is 2.78. The molecule has 0 aliphatic heterocycles. The van der Waals surface area contributed by atoms with E-state index in [1.54, 1.807) is 0 Å². The van der Waals surface area contributed by atoms with Crippen molar-refractivity contribution < 1.29 is 18.3 Å². The minimum atomic E-state index is -4.31. The lowest BCUT2D eigenvalue weighted by Crippen LogP contribution is -2.19. The zero-order valence-electron chi connectivity index (χ0n) is 13.2. The summed E-state index contributed by atoms with van der Waals surface area (Å²) in [6.07, 6.45) is -2.75. The summed E-state index contributed by atoms with van der Waals surface area (Å²) in [7, 11) is 0. The highest BCUT2D eigenvalue weighted by Crippen LogP contribution is 2.30. The van der Waals surface area contributed by atoms with E-state index in [2.05, 4.69) is 27.7 Å². The third kappa shape index (κ3) is 6.98. The van der Waals surface area contributed by atoms with Gasteiger partial charge in [0.05, 0.1) is 11.7 Å². The lowest BCUT2D eigenvalue weighted by Gasteiger charge is -2.25. The van der Waals surface area contributed by atoms with Crippen LogP contribution in [0.3, 0.4) is 0 Å². The Bertz CT molecular complexity index is 429. The Labute approximate surface area is 125 Å². The predicted octanol–water partition coefficient (Wildman–Crippen LogP) is 5.07. The van der Waals surface area contributed by atoms with Gasteiger partial charge in [-0.05, 0) is 48.3 Å². The van der Waals surface area contributed by atoms with E-state index in [1.807, 2.05) is 0 Å². The van der Waals surface area contributed by atoms with E-state index in [0.717, 1.165) is 24.1 Å². The average Bonchev–Trinajstić information content (AvgIpc) is 2.25. The van der Waals surface area contributed by atoms with Crippen LogP contribution in [0.15, 0.2) is 24.3 Å². The number of hydrogen-bond acceptors (Lipinski definition) is 1. The number of benzene rings is 1. The molecule has 0 fully saturated rings. The highest BCUT2D eigenvalue weighted by molar-refractivity contribution is 5.25. The van der Waals surface area contributed by atoms with E-state index in [0.29, 0.717) is 18.8 Å². The summed E-state index contributed by atoms with van der Waals surface area (Å²) in [5.74, 6) is 0.384. The molecule has 2 unspecified atom stereocenters. The molecule has 0 bridgehead atoms. The number of halogens is 3. The smallest absolute Gasteiger partial charge is 0.393 e. The quantitative estimate of drug-likeness (QED) is 0.805. The van der Waals surface area contributed by atoms with Gasteiger partial charge in [-0.15, -0.1) is 0 Å². The molecule has 0 saturated heterocycles. The summed E-state index contributed by atoms with van der Waals surface area (Å²) >= 11 is 0. The summed E-state index contributed by atoms with van der Waals surface area (Å²) in [6, 6.07) is 5.03. The average molecular weight is 302 g/mol. The van der Waals surface area contributed by atoms with Gasteiger partial charge in [-0.1, -0.05) is 39.8 Å². The maximum absolute atomic E-state index is 12.5. The molecule has 0 heterocycles. The largest absolute Gasteiger partial charge is 0.416 e. The van der Waals surface area contributed by atoms with Crippen molar-refractivity contribution in [3.8, 4) is 0 Å². The summed E-state index contributed by atoms with van der Waals surface area (Å²) in [4.78, 5) is 0. The fraction of sp³-hybridized carbons (Fsp3) is 0.647. The van der Waals surface area contributed by atoms with Crippen LogP contribution in [-0.4, -0.2) is 11.2 Å². The normalized spacial score (nSPS) is 15.8. The van der Waals surface area contributed by atoms with Crippen molar-refractivity contribution in [2.75, 3.05) is 0 Å². The van der Waals surface area contributed by atoms with Crippen molar-refractivity contribution >= 4 is 0 Å². The molecular formula is C17H25F3O. The number of aliphatic hydroxyl groups excluding tert-OH is 1. The van der Waals surface area contributed by atoms with Crippen molar-refractivity contribution in [1.29, 1.82) is 0 Å². The van der Waals surface area contributed by atoms with Crippen molar-refractivity contribution in [2.45, 2.75) is 59.2 Å². The third-order valence-electron chi connectivity index (χ3n) is 3.39. The van der Waals surface area contributed by atoms with Crippen molar-refractivity contribution in [1.82, 2.24) is 0 Å². The Morgan fingerprint density at radius 3 is 2.00 bits per heavy atom. The zero-order chi connectivity index (χ0) is 16.3. The van der Waals surface area contributed by atoms with Gasteiger partial charge >= 0.3 is 6.18 Å². The van der Waals surface area contributed by atoms with Crippen LogP contribution >= 0.6 is 0 Å². The second-order valence-corrected chi connectivity index (χ2v) is 7.16. The molecule has 0 spiro atoms. The van der Waals surface area contributed by atoms with Gasteiger partial charge in [-0.25, -0.2) is 0 Å². The topological polar surface area (TPSA) is 20.2 Å². The molecule has 1 aromatic rings. The van der Waals surface area contributed by atoms with Crippen LogP contribution in [0.1, 0.15) is 51.7 Å². The van der Waals surface area contributed by atoms with Gasteiger partial charge in [-0.3, -0.25) is 0 Å². The monoisotopic (exact) mass is 302 g/mol. The van der Waals surface area contributed by atoms with Crippen LogP contribution in [0.4, 0.5) is 13.2 Å². The second-order valence-electron chi connectivity index (χ2n) is 7.16. The molecule has 1 rings (SSSR count). The Morgan fingerprint density at radius 1 is 1.05 bits per heavy atom. The van der Waals surface area contributed by atoms with Crippen LogP contribution in [0.25, 0.3) is 0 Å². The van der Waals surface area contributed by atoms with Gasteiger partial charge in [0.15, 0.2) is 0 Å². The van der Waals surface area contributed by atoms with Crippen LogP contribution in [0.5, 0.6) is 0 Å². The Kier molecular flexibility index (Phi) is 5.85. The second kappa shape index (κ2) is 6.82. The van der Waals surface area contributed by atoms with Crippen molar-refractivity contribution in [2.24, 2.45) is 11.3 Å². The minimum absolute atomic E-state index is 0.216. The maximum atomic E-state index is 12.5. The molecule has 0 aliphatic carbocycles. The molecule has 21 heavy (non-hydrogen) atoms. The zero-order valence-corrected chi connectivity index (χ0v) is 13.2. The SMILES string of the molecule is CC(CC(O)Cc1ccc(C(F)(F)F)cc1)CC(C)(C)C. The number of alkyl halides is 3. The molecule has 0 aliphatic rings. The van der Waals surface area contributed by atoms with E-state index in [4.69, 9.17) is 0 Å². The van der Waals surface area contributed by atoms with Gasteiger partial charge in [0.2, 0.25) is 0 Å². The van der Waals surface area contributed by atoms with Gasteiger partial charge in [0, 0.05) is 0 Å². The van der Waals surface area contributed by atoms with Crippen LogP contribution < -0.4 is 0 Å². The molecule has 0 aromatic heterocycles. The third-order valence-corrected chi connectivity index (χ3v) is 3.39. The van der Waals surface area contributed by atoms with E-state index >= 15 is 0 Å². The van der Waals surface area contributed by atoms with E-state index in [-0.39, 0.29) is 5.41 Å². The molecule has 1 nitrogen and oxygen atoms in total. The first-order valence-electron chi connectivity index (χ1n) is 7.31. The molecule has 2 atom stereocenters. The van der Waals surface area contributed by atoms with Crippen molar-refractivity contribution in [3.05, 3.63) is 35.4 Å². The van der Waals surface area contributed by atoms with Crippen molar-refractivity contribution in [3.63, 3.8) is 0 Å². The highest BCUT2D eigenvalue weighted by atomic mass is 19.4. The number of aliphatic hydroxyl groups is 1. The highest BCUT2D eigenvalue weighted by Gasteiger charge is 2.30. The van der Waals surface area contributed by atoms with Gasteiger partial charge in [0.1, 0.15) is 0 Å². The van der Waals surface area contributed by atoms with Crippen LogP contribution in [-0.2, 0) is 12.6 Å². The lowest BCUT2D eigenvalue weighted by atomic mass is 9.82. The standard InChI is InChI=1S/C17H25F3O/c1-12(11-16(2,3)4)9-15(21)10-13-5-7-14(8-6-13)17(18,19)20/h5-8,12,15,21H,9-11H2,1-4H3. The molecular weight excluding hydrogens is 277 g/mol. The number of rotatable bonds is 5. The van der Waals surface area contributed by atoms with E-state index in [9.17, 15) is 18.3 Å². The summed E-state index contributed by atoms with van der Waals surface area (Å²) in [5, 5.41) is 10.1. The van der Waals surface area contributed by atoms with Gasteiger partial charge in [0.25, 0.3) is 0 Å². The first-order valence-corrected chi connectivity index (χ1v) is 7.31. The summed E-state index contributed by atoms with van der Waals surface area (Å²) in [6.45, 7) is 8.57. The van der Waals surface area contributed by atoms with Gasteiger partial charge < -0.3 is 5.11 Å². The first-order chi connectivity index (χ1) is 9.47. The molecule has 0 amide bonds. The maximum Gasteiger partial charge on any atom is 0.416 e. The summed E-state index contributed by atoms with van der Waals surface area (Å²) in [5.41, 5.74) is 0.299. The molecule has 120 valence electrons. The molecule has 0 radical (unpaired) electrons.